The molecule has 1 unspecified atom stereocenters. The van der Waals surface area contributed by atoms with Crippen LogP contribution in [0.4, 0.5) is 4.39 Å². The third-order valence-electron chi connectivity index (χ3n) is 4.51. The van der Waals surface area contributed by atoms with Crippen LogP contribution >= 0.6 is 0 Å². The maximum atomic E-state index is 13.8. The Morgan fingerprint density at radius 3 is 2.73 bits per heavy atom. The third-order valence-corrected chi connectivity index (χ3v) is 6.18. The van der Waals surface area contributed by atoms with Gasteiger partial charge in [-0.3, -0.25) is 9.63 Å². The zero-order valence-corrected chi connectivity index (χ0v) is 15.2. The number of carbonyl (C=O) groups is 1. The van der Waals surface area contributed by atoms with Crippen molar-refractivity contribution in [1.82, 2.24) is 9.79 Å². The number of benzene rings is 2. The number of hydrogen-bond donors (Lipinski definition) is 1. The molecule has 0 saturated heterocycles. The summed E-state index contributed by atoms with van der Waals surface area (Å²) in [6.07, 6.45) is 1.16. The Balaban J connectivity index is 1.83. The molecule has 1 N–H and O–H groups in total. The van der Waals surface area contributed by atoms with E-state index >= 15 is 0 Å². The first-order valence-corrected chi connectivity index (χ1v) is 9.50. The number of hydroxylamine groups is 1. The normalized spacial score (nSPS) is 16.5. The van der Waals surface area contributed by atoms with Crippen molar-refractivity contribution in [3.8, 4) is 0 Å². The van der Waals surface area contributed by atoms with Crippen LogP contribution < -0.4 is 5.32 Å². The number of rotatable bonds is 5. The molecule has 3 rings (SSSR count). The van der Waals surface area contributed by atoms with Gasteiger partial charge in [0.15, 0.2) is 0 Å². The Kier molecular flexibility index (Phi) is 5.08. The van der Waals surface area contributed by atoms with Gasteiger partial charge in [0.05, 0.1) is 18.0 Å². The quantitative estimate of drug-likeness (QED) is 0.811. The van der Waals surface area contributed by atoms with Gasteiger partial charge in [-0.25, -0.2) is 12.8 Å². The molecule has 0 aromatic heterocycles. The van der Waals surface area contributed by atoms with Gasteiger partial charge in [0, 0.05) is 12.6 Å². The van der Waals surface area contributed by atoms with E-state index in [-0.39, 0.29) is 22.3 Å². The summed E-state index contributed by atoms with van der Waals surface area (Å²) in [6, 6.07) is 10.2. The summed E-state index contributed by atoms with van der Waals surface area (Å²) in [5.41, 5.74) is 1.59. The minimum atomic E-state index is -3.85. The average Bonchev–Trinajstić information content (AvgIpc) is 3.05. The second kappa shape index (κ2) is 7.14. The molecule has 0 aliphatic heterocycles. The highest BCUT2D eigenvalue weighted by atomic mass is 32.2. The second-order valence-electron chi connectivity index (χ2n) is 6.00. The largest absolute Gasteiger partial charge is 0.345 e. The minimum Gasteiger partial charge on any atom is -0.345 e. The van der Waals surface area contributed by atoms with Crippen molar-refractivity contribution in [2.45, 2.75) is 23.8 Å². The van der Waals surface area contributed by atoms with E-state index in [4.69, 9.17) is 4.84 Å². The fraction of sp³-hybridized carbons (Fsp3) is 0.278. The molecule has 0 spiro atoms. The molecule has 1 aliphatic rings. The van der Waals surface area contributed by atoms with Crippen LogP contribution in [-0.2, 0) is 21.3 Å². The van der Waals surface area contributed by atoms with Crippen molar-refractivity contribution < 1.29 is 22.4 Å². The molecule has 0 fully saturated rings. The van der Waals surface area contributed by atoms with E-state index in [2.05, 4.69) is 5.32 Å². The third kappa shape index (κ3) is 3.35. The lowest BCUT2D eigenvalue weighted by atomic mass is 10.1. The van der Waals surface area contributed by atoms with Crippen LogP contribution in [0.3, 0.4) is 0 Å². The number of nitrogens with one attached hydrogen (secondary N) is 1. The van der Waals surface area contributed by atoms with Crippen molar-refractivity contribution in [2.24, 2.45) is 0 Å². The molecular weight excluding hydrogens is 359 g/mol. The van der Waals surface area contributed by atoms with Crippen LogP contribution in [-0.4, -0.2) is 33.0 Å². The molecule has 1 aliphatic carbocycles. The maximum absolute atomic E-state index is 13.8. The Hall–Kier alpha value is -2.29. The van der Waals surface area contributed by atoms with Crippen molar-refractivity contribution >= 4 is 15.9 Å². The summed E-state index contributed by atoms with van der Waals surface area (Å²) in [6.45, 7) is 0. The lowest BCUT2D eigenvalue weighted by molar-refractivity contribution is -0.0258. The van der Waals surface area contributed by atoms with E-state index in [9.17, 15) is 17.6 Å². The molecule has 1 atom stereocenters. The van der Waals surface area contributed by atoms with Gasteiger partial charge in [0.1, 0.15) is 5.82 Å². The van der Waals surface area contributed by atoms with Gasteiger partial charge in [-0.15, -0.1) is 0 Å². The first-order chi connectivity index (χ1) is 12.3. The molecule has 8 heteroatoms. The predicted molar refractivity (Wildman–Crippen MR) is 93.3 cm³/mol. The van der Waals surface area contributed by atoms with Gasteiger partial charge in [0.2, 0.25) is 0 Å². The Labute approximate surface area is 151 Å². The molecule has 0 heterocycles. The summed E-state index contributed by atoms with van der Waals surface area (Å²) in [4.78, 5) is 17.3. The van der Waals surface area contributed by atoms with E-state index in [0.717, 1.165) is 10.0 Å². The van der Waals surface area contributed by atoms with E-state index in [0.29, 0.717) is 18.4 Å². The lowest BCUT2D eigenvalue weighted by Crippen LogP contribution is -2.28. The number of fused-ring (bicyclic) bond motifs is 1. The molecule has 6 nitrogen and oxygen atoms in total. The number of halogens is 1. The first-order valence-electron chi connectivity index (χ1n) is 8.06. The van der Waals surface area contributed by atoms with E-state index in [1.54, 1.807) is 12.1 Å². The molecule has 1 amide bonds. The monoisotopic (exact) mass is 378 g/mol. The van der Waals surface area contributed by atoms with Gasteiger partial charge in [-0.1, -0.05) is 22.7 Å². The first kappa shape index (κ1) is 18.5. The highest BCUT2D eigenvalue weighted by molar-refractivity contribution is 7.89. The number of amides is 1. The Bertz CT molecular complexity index is 946. The smallest absolute Gasteiger partial charge is 0.264 e. The molecular formula is C18H19FN2O4S. The summed E-state index contributed by atoms with van der Waals surface area (Å²) in [5.74, 6) is -0.681. The summed E-state index contributed by atoms with van der Waals surface area (Å²) < 4.78 is 39.2. The second-order valence-corrected chi connectivity index (χ2v) is 7.93. The van der Waals surface area contributed by atoms with Crippen LogP contribution in [0.15, 0.2) is 47.4 Å². The zero-order chi connectivity index (χ0) is 18.9. The Morgan fingerprint density at radius 2 is 2.00 bits per heavy atom. The highest BCUT2D eigenvalue weighted by Gasteiger charge is 2.27. The molecule has 2 aromatic rings. The fourth-order valence-corrected chi connectivity index (χ4v) is 4.07. The van der Waals surface area contributed by atoms with Gasteiger partial charge >= 0.3 is 0 Å². The topological polar surface area (TPSA) is 75.7 Å². The van der Waals surface area contributed by atoms with Gasteiger partial charge in [-0.2, -0.15) is 0 Å². The highest BCUT2D eigenvalue weighted by Crippen LogP contribution is 2.32. The summed E-state index contributed by atoms with van der Waals surface area (Å²) >= 11 is 0. The van der Waals surface area contributed by atoms with Gasteiger partial charge < -0.3 is 5.32 Å². The molecule has 0 saturated carbocycles. The molecule has 138 valence electrons. The van der Waals surface area contributed by atoms with Crippen LogP contribution in [0.2, 0.25) is 0 Å². The number of hydrogen-bond acceptors (Lipinski definition) is 4. The van der Waals surface area contributed by atoms with Crippen molar-refractivity contribution in [3.05, 3.63) is 65.0 Å². The number of nitrogens with zero attached hydrogens (tertiary/aromatic N) is 1. The molecule has 0 bridgehead atoms. The van der Waals surface area contributed by atoms with E-state index < -0.39 is 15.9 Å². The molecule has 26 heavy (non-hydrogen) atoms. The average molecular weight is 378 g/mol. The predicted octanol–water partition coefficient (Wildman–Crippen LogP) is 2.42. The maximum Gasteiger partial charge on any atom is 0.264 e. The van der Waals surface area contributed by atoms with Crippen LogP contribution in [0.5, 0.6) is 0 Å². The van der Waals surface area contributed by atoms with Crippen LogP contribution in [0.1, 0.15) is 33.9 Å². The fourth-order valence-electron chi connectivity index (χ4n) is 3.05. The van der Waals surface area contributed by atoms with Gasteiger partial charge in [0.25, 0.3) is 15.9 Å². The zero-order valence-electron chi connectivity index (χ0n) is 14.4. The van der Waals surface area contributed by atoms with Crippen LogP contribution in [0, 0.1) is 5.82 Å². The van der Waals surface area contributed by atoms with Crippen molar-refractivity contribution in [1.29, 1.82) is 0 Å². The SMILES string of the molecule is CON(C)S(=O)(=O)c1cccc(C(=O)NC2CCc3c(F)cccc32)c1. The van der Waals surface area contributed by atoms with E-state index in [1.165, 1.54) is 44.5 Å². The molecule has 0 radical (unpaired) electrons. The summed E-state index contributed by atoms with van der Waals surface area (Å²) in [5, 5.41) is 2.86. The lowest BCUT2D eigenvalue weighted by Gasteiger charge is -2.16. The Morgan fingerprint density at radius 1 is 1.27 bits per heavy atom. The van der Waals surface area contributed by atoms with Crippen LogP contribution in [0.25, 0.3) is 0 Å². The number of sulfonamides is 1. The number of carbonyl (C=O) groups excluding carboxylic acids is 1. The van der Waals surface area contributed by atoms with Crippen molar-refractivity contribution in [3.63, 3.8) is 0 Å². The minimum absolute atomic E-state index is 0.0487. The van der Waals surface area contributed by atoms with E-state index in [1.807, 2.05) is 0 Å². The molecule has 2 aromatic carbocycles. The van der Waals surface area contributed by atoms with Crippen molar-refractivity contribution in [2.75, 3.05) is 14.2 Å². The standard InChI is InChI=1S/C18H19FN2O4S/c1-21(25-2)26(23,24)13-6-3-5-12(11-13)18(22)20-17-10-9-14-15(17)7-4-8-16(14)19/h3-8,11,17H,9-10H2,1-2H3,(H,20,22). The summed E-state index contributed by atoms with van der Waals surface area (Å²) in [7, 11) is -1.33. The van der Waals surface area contributed by atoms with Gasteiger partial charge in [-0.05, 0) is 48.2 Å².